The van der Waals surface area contributed by atoms with Gasteiger partial charge in [0.15, 0.2) is 0 Å². The van der Waals surface area contributed by atoms with Crippen LogP contribution in [0.1, 0.15) is 50.9 Å². The molecule has 0 aliphatic heterocycles. The Kier molecular flexibility index (Phi) is 6.34. The van der Waals surface area contributed by atoms with Crippen LogP contribution in [0, 0.1) is 5.92 Å². The van der Waals surface area contributed by atoms with Gasteiger partial charge in [0.2, 0.25) is 0 Å². The fourth-order valence-corrected chi connectivity index (χ4v) is 2.58. The number of rotatable bonds is 6. The molecule has 2 N–H and O–H groups in total. The summed E-state index contributed by atoms with van der Waals surface area (Å²) in [5.41, 5.74) is 6.93. The molecular weight excluding hydrogens is 272 g/mol. The van der Waals surface area contributed by atoms with Crippen molar-refractivity contribution in [1.82, 2.24) is 4.90 Å². The summed E-state index contributed by atoms with van der Waals surface area (Å²) in [6, 6.07) is 5.32. The normalized spacial score (nSPS) is 11.2. The molecule has 4 heteroatoms. The second-order valence-electron chi connectivity index (χ2n) is 5.55. The quantitative estimate of drug-likeness (QED) is 0.799. The van der Waals surface area contributed by atoms with Crippen molar-refractivity contribution < 1.29 is 4.79 Å². The first-order valence-corrected chi connectivity index (χ1v) is 7.64. The highest BCUT2D eigenvalue weighted by Gasteiger charge is 2.24. The van der Waals surface area contributed by atoms with Crippen molar-refractivity contribution in [2.24, 2.45) is 5.92 Å². The van der Waals surface area contributed by atoms with E-state index in [1.54, 1.807) is 18.2 Å². The molecule has 0 fully saturated rings. The maximum Gasteiger partial charge on any atom is 0.256 e. The monoisotopic (exact) mass is 296 g/mol. The first kappa shape index (κ1) is 16.8. The topological polar surface area (TPSA) is 46.3 Å². The average molecular weight is 297 g/mol. The van der Waals surface area contributed by atoms with E-state index < -0.39 is 0 Å². The third-order valence-electron chi connectivity index (χ3n) is 3.45. The summed E-state index contributed by atoms with van der Waals surface area (Å²) >= 11 is 5.90. The Morgan fingerprint density at radius 3 is 2.35 bits per heavy atom. The lowest BCUT2D eigenvalue weighted by Gasteiger charge is -2.32. The molecule has 0 atom stereocenters. The van der Waals surface area contributed by atoms with Crippen LogP contribution in [0.3, 0.4) is 0 Å². The van der Waals surface area contributed by atoms with Crippen molar-refractivity contribution in [3.8, 4) is 0 Å². The highest BCUT2D eigenvalue weighted by molar-refractivity contribution is 6.31. The van der Waals surface area contributed by atoms with E-state index in [2.05, 4.69) is 27.7 Å². The van der Waals surface area contributed by atoms with Crippen molar-refractivity contribution in [3.63, 3.8) is 0 Å². The van der Waals surface area contributed by atoms with Gasteiger partial charge in [-0.1, -0.05) is 39.3 Å². The summed E-state index contributed by atoms with van der Waals surface area (Å²) in [4.78, 5) is 14.7. The number of hydrogen-bond acceptors (Lipinski definition) is 2. The number of hydrogen-bond donors (Lipinski definition) is 1. The van der Waals surface area contributed by atoms with Crippen LogP contribution in [0.15, 0.2) is 18.2 Å². The summed E-state index contributed by atoms with van der Waals surface area (Å²) in [6.45, 7) is 9.20. The molecule has 0 aromatic heterocycles. The van der Waals surface area contributed by atoms with Crippen molar-refractivity contribution in [2.45, 2.75) is 46.6 Å². The molecule has 0 aliphatic rings. The molecule has 1 aromatic carbocycles. The second-order valence-corrected chi connectivity index (χ2v) is 5.99. The lowest BCUT2D eigenvalue weighted by molar-refractivity contribution is 0.0641. The summed E-state index contributed by atoms with van der Waals surface area (Å²) in [6.07, 6.45) is 1.89. The molecule has 1 rings (SSSR count). The van der Waals surface area contributed by atoms with E-state index in [1.807, 2.05) is 4.90 Å². The van der Waals surface area contributed by atoms with E-state index in [0.29, 0.717) is 22.2 Å². The predicted molar refractivity (Wildman–Crippen MR) is 86.1 cm³/mol. The standard InChI is InChI=1S/C16H25ClN2O/c1-5-13(6-2)19(10-11(3)4)16(20)14-8-7-12(17)9-15(14)18/h7-9,11,13H,5-6,10,18H2,1-4H3. The van der Waals surface area contributed by atoms with Crippen LogP contribution in [0.5, 0.6) is 0 Å². The molecule has 0 radical (unpaired) electrons. The largest absolute Gasteiger partial charge is 0.398 e. The van der Waals surface area contributed by atoms with Gasteiger partial charge in [0, 0.05) is 23.3 Å². The van der Waals surface area contributed by atoms with Crippen LogP contribution >= 0.6 is 11.6 Å². The number of carbonyl (C=O) groups excluding carboxylic acids is 1. The fraction of sp³-hybridized carbons (Fsp3) is 0.562. The Morgan fingerprint density at radius 1 is 1.30 bits per heavy atom. The third kappa shape index (κ3) is 4.14. The van der Waals surface area contributed by atoms with E-state index in [-0.39, 0.29) is 11.9 Å². The molecular formula is C16H25ClN2O. The molecule has 3 nitrogen and oxygen atoms in total. The summed E-state index contributed by atoms with van der Waals surface area (Å²) < 4.78 is 0. The van der Waals surface area contributed by atoms with Crippen molar-refractivity contribution in [2.75, 3.05) is 12.3 Å². The van der Waals surface area contributed by atoms with Crippen molar-refractivity contribution >= 4 is 23.2 Å². The summed E-state index contributed by atoms with van der Waals surface area (Å²) in [5.74, 6) is 0.426. The number of nitrogen functional groups attached to an aromatic ring is 1. The smallest absolute Gasteiger partial charge is 0.256 e. The van der Waals surface area contributed by atoms with Crippen molar-refractivity contribution in [1.29, 1.82) is 0 Å². The molecule has 112 valence electrons. The van der Waals surface area contributed by atoms with Gasteiger partial charge >= 0.3 is 0 Å². The third-order valence-corrected chi connectivity index (χ3v) is 3.69. The van der Waals surface area contributed by atoms with Gasteiger partial charge in [-0.2, -0.15) is 0 Å². The van der Waals surface area contributed by atoms with Gasteiger partial charge in [-0.25, -0.2) is 0 Å². The predicted octanol–water partition coefficient (Wildman–Crippen LogP) is 4.21. The molecule has 20 heavy (non-hydrogen) atoms. The van der Waals surface area contributed by atoms with Crippen LogP contribution in [0.2, 0.25) is 5.02 Å². The Hall–Kier alpha value is -1.22. The zero-order valence-corrected chi connectivity index (χ0v) is 13.6. The molecule has 0 saturated heterocycles. The lowest BCUT2D eigenvalue weighted by atomic mass is 10.0. The van der Waals surface area contributed by atoms with E-state index >= 15 is 0 Å². The zero-order chi connectivity index (χ0) is 15.3. The maximum atomic E-state index is 12.8. The first-order valence-electron chi connectivity index (χ1n) is 7.26. The Morgan fingerprint density at radius 2 is 1.90 bits per heavy atom. The van der Waals surface area contributed by atoms with Gasteiger partial charge in [-0.15, -0.1) is 0 Å². The molecule has 0 bridgehead atoms. The zero-order valence-electron chi connectivity index (χ0n) is 12.8. The van der Waals surface area contributed by atoms with E-state index in [9.17, 15) is 4.79 Å². The molecule has 0 unspecified atom stereocenters. The molecule has 0 saturated carbocycles. The van der Waals surface area contributed by atoms with Crippen LogP contribution in [0.25, 0.3) is 0 Å². The highest BCUT2D eigenvalue weighted by Crippen LogP contribution is 2.22. The summed E-state index contributed by atoms with van der Waals surface area (Å²) in [5, 5.41) is 0.553. The number of amides is 1. The van der Waals surface area contributed by atoms with Crippen molar-refractivity contribution in [3.05, 3.63) is 28.8 Å². The minimum atomic E-state index is 0.00145. The molecule has 1 aromatic rings. The number of halogens is 1. The van der Waals surface area contributed by atoms with Gasteiger partial charge in [0.1, 0.15) is 0 Å². The number of anilines is 1. The minimum absolute atomic E-state index is 0.00145. The molecule has 1 amide bonds. The van der Waals surface area contributed by atoms with Gasteiger partial charge < -0.3 is 10.6 Å². The van der Waals surface area contributed by atoms with Gasteiger partial charge in [-0.05, 0) is 37.0 Å². The number of nitrogens with two attached hydrogens (primary N) is 1. The minimum Gasteiger partial charge on any atom is -0.398 e. The molecule has 0 heterocycles. The Labute approximate surface area is 127 Å². The van der Waals surface area contributed by atoms with Gasteiger partial charge in [-0.3, -0.25) is 4.79 Å². The van der Waals surface area contributed by atoms with Crippen LogP contribution < -0.4 is 5.73 Å². The van der Waals surface area contributed by atoms with Crippen LogP contribution in [-0.4, -0.2) is 23.4 Å². The highest BCUT2D eigenvalue weighted by atomic mass is 35.5. The van der Waals surface area contributed by atoms with Crippen LogP contribution in [0.4, 0.5) is 5.69 Å². The second kappa shape index (κ2) is 7.53. The number of benzene rings is 1. The molecule has 0 spiro atoms. The Bertz CT molecular complexity index is 456. The SMILES string of the molecule is CCC(CC)N(CC(C)C)C(=O)c1ccc(Cl)cc1N. The van der Waals surface area contributed by atoms with E-state index in [4.69, 9.17) is 17.3 Å². The first-order chi connectivity index (χ1) is 9.40. The number of carbonyl (C=O) groups is 1. The number of nitrogens with zero attached hydrogens (tertiary/aromatic N) is 1. The maximum absolute atomic E-state index is 12.8. The molecule has 0 aliphatic carbocycles. The van der Waals surface area contributed by atoms with Gasteiger partial charge in [0.25, 0.3) is 5.91 Å². The average Bonchev–Trinajstić information content (AvgIpc) is 2.37. The summed E-state index contributed by atoms with van der Waals surface area (Å²) in [7, 11) is 0. The van der Waals surface area contributed by atoms with E-state index in [0.717, 1.165) is 19.4 Å². The van der Waals surface area contributed by atoms with Crippen LogP contribution in [-0.2, 0) is 0 Å². The fourth-order valence-electron chi connectivity index (χ4n) is 2.40. The van der Waals surface area contributed by atoms with Gasteiger partial charge in [0.05, 0.1) is 5.56 Å². The van der Waals surface area contributed by atoms with E-state index in [1.165, 1.54) is 0 Å². The Balaban J connectivity index is 3.09. The lowest BCUT2D eigenvalue weighted by Crippen LogP contribution is -2.42.